The third kappa shape index (κ3) is 5.94. The molecular weight excluding hydrogens is 516 g/mol. The monoisotopic (exact) mass is 529 g/mol. The van der Waals surface area contributed by atoms with Crippen LogP contribution in [-0.4, -0.2) is 27.1 Å². The van der Waals surface area contributed by atoms with Gasteiger partial charge in [-0.2, -0.15) is 5.10 Å². The van der Waals surface area contributed by atoms with Crippen LogP contribution in [0.3, 0.4) is 0 Å². The second kappa shape index (κ2) is 10.6. The van der Waals surface area contributed by atoms with E-state index in [1.165, 1.54) is 42.6 Å². The van der Waals surface area contributed by atoms with Gasteiger partial charge in [0.15, 0.2) is 0 Å². The molecule has 32 heavy (non-hydrogen) atoms. The summed E-state index contributed by atoms with van der Waals surface area (Å²) < 4.78 is 27.4. The van der Waals surface area contributed by atoms with Gasteiger partial charge in [-0.1, -0.05) is 70.7 Å². The van der Waals surface area contributed by atoms with Crippen molar-refractivity contribution in [3.8, 4) is 0 Å². The van der Waals surface area contributed by atoms with Crippen molar-refractivity contribution in [2.45, 2.75) is 4.90 Å². The molecule has 0 aliphatic carbocycles. The van der Waals surface area contributed by atoms with Crippen molar-refractivity contribution in [2.24, 2.45) is 5.10 Å². The number of rotatable bonds is 7. The average Bonchev–Trinajstić information content (AvgIpc) is 2.76. The molecule has 0 fully saturated rings. The van der Waals surface area contributed by atoms with Crippen LogP contribution in [0.5, 0.6) is 0 Å². The third-order valence-corrected chi connectivity index (χ3v) is 7.25. The molecule has 0 radical (unpaired) electrons. The minimum atomic E-state index is -4.08. The number of carbonyl (C=O) groups excluding carboxylic acids is 1. The lowest BCUT2D eigenvalue weighted by Gasteiger charge is -2.24. The molecule has 0 aromatic heterocycles. The summed E-state index contributed by atoms with van der Waals surface area (Å²) in [6.45, 7) is -0.555. The zero-order valence-corrected chi connectivity index (χ0v) is 20.0. The Morgan fingerprint density at radius 1 is 0.906 bits per heavy atom. The number of halogens is 4. The highest BCUT2D eigenvalue weighted by Gasteiger charge is 2.27. The van der Waals surface area contributed by atoms with Crippen LogP contribution in [0.1, 0.15) is 5.56 Å². The Morgan fingerprint density at radius 3 is 2.28 bits per heavy atom. The largest absolute Gasteiger partial charge is 0.271 e. The van der Waals surface area contributed by atoms with Gasteiger partial charge in [-0.05, 0) is 42.5 Å². The topological polar surface area (TPSA) is 78.8 Å². The molecule has 3 aromatic carbocycles. The van der Waals surface area contributed by atoms with E-state index in [1.807, 2.05) is 0 Å². The lowest BCUT2D eigenvalue weighted by atomic mass is 10.2. The molecule has 166 valence electrons. The SMILES string of the molecule is O=C(CN(c1ccc(Cl)c(Cl)c1)S(=O)(=O)c1ccccc1)N/N=C\c1ccc(Cl)cc1Cl. The first kappa shape index (κ1) is 24.4. The van der Waals surface area contributed by atoms with E-state index >= 15 is 0 Å². The molecule has 0 unspecified atom stereocenters. The van der Waals surface area contributed by atoms with E-state index in [0.717, 1.165) is 4.31 Å². The zero-order chi connectivity index (χ0) is 23.3. The molecule has 0 aliphatic rings. The van der Waals surface area contributed by atoms with Gasteiger partial charge in [-0.15, -0.1) is 0 Å². The number of sulfonamides is 1. The minimum absolute atomic E-state index is 0.00956. The van der Waals surface area contributed by atoms with E-state index < -0.39 is 22.5 Å². The lowest BCUT2D eigenvalue weighted by molar-refractivity contribution is -0.119. The third-order valence-electron chi connectivity index (χ3n) is 4.16. The molecule has 3 rings (SSSR count). The maximum atomic E-state index is 13.2. The van der Waals surface area contributed by atoms with E-state index in [2.05, 4.69) is 10.5 Å². The second-order valence-corrected chi connectivity index (χ2v) is 9.90. The molecule has 0 atom stereocenters. The van der Waals surface area contributed by atoms with Gasteiger partial charge in [0.1, 0.15) is 6.54 Å². The van der Waals surface area contributed by atoms with Crippen LogP contribution >= 0.6 is 46.4 Å². The number of amides is 1. The van der Waals surface area contributed by atoms with E-state index in [-0.39, 0.29) is 20.6 Å². The first-order valence-corrected chi connectivity index (χ1v) is 11.9. The molecule has 1 N–H and O–H groups in total. The smallest absolute Gasteiger partial charge is 0.264 e. The van der Waals surface area contributed by atoms with E-state index in [0.29, 0.717) is 15.6 Å². The molecule has 0 heterocycles. The zero-order valence-electron chi connectivity index (χ0n) is 16.2. The van der Waals surface area contributed by atoms with Crippen LogP contribution in [0, 0.1) is 0 Å². The van der Waals surface area contributed by atoms with Crippen LogP contribution in [0.4, 0.5) is 5.69 Å². The molecule has 0 saturated heterocycles. The molecular formula is C21H15Cl4N3O3S. The van der Waals surface area contributed by atoms with Crippen LogP contribution in [-0.2, 0) is 14.8 Å². The van der Waals surface area contributed by atoms with Gasteiger partial charge in [0.2, 0.25) is 0 Å². The highest BCUT2D eigenvalue weighted by molar-refractivity contribution is 7.92. The van der Waals surface area contributed by atoms with Gasteiger partial charge < -0.3 is 0 Å². The maximum Gasteiger partial charge on any atom is 0.264 e. The van der Waals surface area contributed by atoms with Crippen molar-refractivity contribution >= 4 is 74.2 Å². The van der Waals surface area contributed by atoms with Crippen LogP contribution in [0.2, 0.25) is 20.1 Å². The number of hydrazone groups is 1. The van der Waals surface area contributed by atoms with Gasteiger partial charge in [-0.3, -0.25) is 9.10 Å². The molecule has 0 aliphatic heterocycles. The van der Waals surface area contributed by atoms with E-state index in [9.17, 15) is 13.2 Å². The van der Waals surface area contributed by atoms with E-state index in [1.54, 1.807) is 30.3 Å². The number of nitrogens with one attached hydrogen (secondary N) is 1. The Labute approximate surface area is 205 Å². The first-order chi connectivity index (χ1) is 15.2. The summed E-state index contributed by atoms with van der Waals surface area (Å²) in [4.78, 5) is 12.6. The number of hydrogen-bond acceptors (Lipinski definition) is 4. The Morgan fingerprint density at radius 2 is 1.62 bits per heavy atom. The highest BCUT2D eigenvalue weighted by atomic mass is 35.5. The van der Waals surface area contributed by atoms with Crippen molar-refractivity contribution in [3.05, 3.63) is 92.4 Å². The molecule has 6 nitrogen and oxygen atoms in total. The Balaban J connectivity index is 1.86. The summed E-state index contributed by atoms with van der Waals surface area (Å²) in [5.41, 5.74) is 2.99. The van der Waals surface area contributed by atoms with Gasteiger partial charge in [-0.25, -0.2) is 13.8 Å². The van der Waals surface area contributed by atoms with E-state index in [4.69, 9.17) is 46.4 Å². The maximum absolute atomic E-state index is 13.2. The van der Waals surface area contributed by atoms with Crippen LogP contribution in [0.25, 0.3) is 0 Å². The molecule has 0 saturated carbocycles. The predicted octanol–water partition coefficient (Wildman–Crippen LogP) is 5.65. The van der Waals surface area contributed by atoms with Gasteiger partial charge >= 0.3 is 0 Å². The summed E-state index contributed by atoms with van der Waals surface area (Å²) in [7, 11) is -4.08. The first-order valence-electron chi connectivity index (χ1n) is 8.98. The van der Waals surface area contributed by atoms with Gasteiger partial charge in [0.05, 0.1) is 31.9 Å². The molecule has 0 spiro atoms. The lowest BCUT2D eigenvalue weighted by Crippen LogP contribution is -2.39. The average molecular weight is 531 g/mol. The fourth-order valence-electron chi connectivity index (χ4n) is 2.62. The highest BCUT2D eigenvalue weighted by Crippen LogP contribution is 2.30. The Hall–Kier alpha value is -2.29. The van der Waals surface area contributed by atoms with Crippen LogP contribution in [0.15, 0.2) is 76.7 Å². The number of anilines is 1. The fraction of sp³-hybridized carbons (Fsp3) is 0.0476. The number of carbonyl (C=O) groups is 1. The van der Waals surface area contributed by atoms with Crippen molar-refractivity contribution in [1.82, 2.24) is 5.43 Å². The molecule has 0 bridgehead atoms. The number of nitrogens with zero attached hydrogens (tertiary/aromatic N) is 2. The quantitative estimate of drug-likeness (QED) is 0.317. The summed E-state index contributed by atoms with van der Waals surface area (Å²) in [5.74, 6) is -0.683. The van der Waals surface area contributed by atoms with Gasteiger partial charge in [0.25, 0.3) is 15.9 Å². The standard InChI is InChI=1S/C21H15Cl4N3O3S/c22-15-7-6-14(19(24)10-15)12-26-27-21(29)13-28(16-8-9-18(23)20(25)11-16)32(30,31)17-4-2-1-3-5-17/h1-12H,13H2,(H,27,29)/b26-12-. The fourth-order valence-corrected chi connectivity index (χ4v) is 4.80. The predicted molar refractivity (Wildman–Crippen MR) is 130 cm³/mol. The Kier molecular flexibility index (Phi) is 8.03. The summed E-state index contributed by atoms with van der Waals surface area (Å²) in [6.07, 6.45) is 1.33. The van der Waals surface area contributed by atoms with Crippen molar-refractivity contribution in [1.29, 1.82) is 0 Å². The summed E-state index contributed by atoms with van der Waals surface area (Å²) in [5, 5.41) is 5.05. The molecule has 3 aromatic rings. The van der Waals surface area contributed by atoms with Crippen molar-refractivity contribution in [3.63, 3.8) is 0 Å². The summed E-state index contributed by atoms with van der Waals surface area (Å²) >= 11 is 23.9. The number of hydrogen-bond donors (Lipinski definition) is 1. The van der Waals surface area contributed by atoms with Gasteiger partial charge in [0, 0.05) is 10.6 Å². The summed E-state index contributed by atoms with van der Waals surface area (Å²) in [6, 6.07) is 16.8. The van der Waals surface area contributed by atoms with Crippen LogP contribution < -0.4 is 9.73 Å². The van der Waals surface area contributed by atoms with Crippen molar-refractivity contribution in [2.75, 3.05) is 10.8 Å². The second-order valence-electron chi connectivity index (χ2n) is 6.38. The van der Waals surface area contributed by atoms with Crippen molar-refractivity contribution < 1.29 is 13.2 Å². The Bertz CT molecular complexity index is 1270. The normalized spacial score (nSPS) is 11.5. The number of benzene rings is 3. The molecule has 1 amide bonds. The molecule has 11 heteroatoms. The minimum Gasteiger partial charge on any atom is -0.271 e.